The van der Waals surface area contributed by atoms with Gasteiger partial charge in [0.25, 0.3) is 0 Å². The van der Waals surface area contributed by atoms with Crippen LogP contribution in [-0.4, -0.2) is 18.4 Å². The van der Waals surface area contributed by atoms with Crippen LogP contribution in [0.4, 0.5) is 0 Å². The molecule has 0 radical (unpaired) electrons. The molecule has 0 amide bonds. The van der Waals surface area contributed by atoms with Crippen LogP contribution < -0.4 is 16.4 Å². The van der Waals surface area contributed by atoms with Gasteiger partial charge in [0.15, 0.2) is 0 Å². The third-order valence-corrected chi connectivity index (χ3v) is 3.28. The molecule has 14 heavy (non-hydrogen) atoms. The van der Waals surface area contributed by atoms with Crippen LogP contribution in [0.15, 0.2) is 36.0 Å². The number of nitrogens with one attached hydrogen (secondary N) is 2. The summed E-state index contributed by atoms with van der Waals surface area (Å²) in [5.41, 5.74) is 7.29. The lowest BCUT2D eigenvalue weighted by Gasteiger charge is -2.44. The van der Waals surface area contributed by atoms with Crippen molar-refractivity contribution < 1.29 is 0 Å². The first kappa shape index (κ1) is 8.41. The second kappa shape index (κ2) is 3.05. The van der Waals surface area contributed by atoms with Gasteiger partial charge in [-0.15, -0.1) is 0 Å². The number of hydrogen-bond donors (Lipinski definition) is 3. The predicted molar refractivity (Wildman–Crippen MR) is 56.3 cm³/mol. The van der Waals surface area contributed by atoms with Crippen molar-refractivity contribution in [2.45, 2.75) is 24.8 Å². The summed E-state index contributed by atoms with van der Waals surface area (Å²) in [6, 6.07) is 0.902. The fourth-order valence-corrected chi connectivity index (χ4v) is 2.69. The van der Waals surface area contributed by atoms with Crippen LogP contribution in [0.3, 0.4) is 0 Å². The second-order valence-electron chi connectivity index (χ2n) is 4.16. The zero-order valence-corrected chi connectivity index (χ0v) is 7.98. The minimum Gasteiger partial charge on any atom is -0.304 e. The quantitative estimate of drug-likeness (QED) is 0.511. The lowest BCUT2D eigenvalue weighted by Crippen LogP contribution is -2.67. The minimum atomic E-state index is -0.0725. The summed E-state index contributed by atoms with van der Waals surface area (Å²) in [6.07, 6.45) is 12.0. The highest BCUT2D eigenvalue weighted by molar-refractivity contribution is 5.38. The smallest absolute Gasteiger partial charge is 0.110 e. The van der Waals surface area contributed by atoms with Crippen LogP contribution >= 0.6 is 0 Å². The van der Waals surface area contributed by atoms with Crippen molar-refractivity contribution in [3.63, 3.8) is 0 Å². The molecule has 1 saturated heterocycles. The van der Waals surface area contributed by atoms with Crippen LogP contribution in [0.5, 0.6) is 0 Å². The lowest BCUT2D eigenvalue weighted by atomic mass is 9.76. The van der Waals surface area contributed by atoms with Crippen LogP contribution in [0.1, 0.15) is 6.42 Å². The molecular formula is C11H15N3. The van der Waals surface area contributed by atoms with Gasteiger partial charge in [-0.3, -0.25) is 10.6 Å². The van der Waals surface area contributed by atoms with E-state index in [0.29, 0.717) is 18.0 Å². The maximum absolute atomic E-state index is 5.88. The normalized spacial score (nSPS) is 44.5. The van der Waals surface area contributed by atoms with Crippen molar-refractivity contribution in [3.8, 4) is 0 Å². The highest BCUT2D eigenvalue weighted by atomic mass is 15.3. The topological polar surface area (TPSA) is 50.1 Å². The zero-order valence-electron chi connectivity index (χ0n) is 7.98. The summed E-state index contributed by atoms with van der Waals surface area (Å²) < 4.78 is 0. The summed E-state index contributed by atoms with van der Waals surface area (Å²) in [4.78, 5) is 0. The molecule has 1 aliphatic heterocycles. The first-order chi connectivity index (χ1) is 6.84. The largest absolute Gasteiger partial charge is 0.304 e. The molecule has 0 aromatic heterocycles. The molecule has 0 aromatic rings. The van der Waals surface area contributed by atoms with Crippen LogP contribution in [-0.2, 0) is 0 Å². The third kappa shape index (κ3) is 1.17. The Morgan fingerprint density at radius 2 is 2.29 bits per heavy atom. The average Bonchev–Trinajstić information content (AvgIpc) is 2.18. The van der Waals surface area contributed by atoms with E-state index >= 15 is 0 Å². The van der Waals surface area contributed by atoms with E-state index in [1.54, 1.807) is 0 Å². The molecule has 0 bridgehead atoms. The van der Waals surface area contributed by atoms with E-state index in [0.717, 1.165) is 6.42 Å². The fraction of sp³-hybridized carbons (Fsp3) is 0.455. The Bertz CT molecular complexity index is 329. The molecule has 1 heterocycles. The van der Waals surface area contributed by atoms with Crippen LogP contribution in [0.25, 0.3) is 0 Å². The number of rotatable bonds is 0. The fourth-order valence-electron chi connectivity index (χ4n) is 2.69. The van der Waals surface area contributed by atoms with E-state index in [9.17, 15) is 0 Å². The first-order valence-corrected chi connectivity index (χ1v) is 5.17. The Morgan fingerprint density at radius 1 is 1.36 bits per heavy atom. The molecule has 3 aliphatic rings. The Kier molecular flexibility index (Phi) is 1.83. The highest BCUT2D eigenvalue weighted by Gasteiger charge is 2.37. The van der Waals surface area contributed by atoms with Gasteiger partial charge in [0.2, 0.25) is 0 Å². The number of hydrogen-bond acceptors (Lipinski definition) is 3. The Labute approximate surface area is 83.7 Å². The van der Waals surface area contributed by atoms with Crippen molar-refractivity contribution in [2.24, 2.45) is 11.7 Å². The second-order valence-corrected chi connectivity index (χ2v) is 4.16. The molecule has 2 aliphatic carbocycles. The molecule has 4 unspecified atom stereocenters. The molecule has 4 atom stereocenters. The van der Waals surface area contributed by atoms with E-state index < -0.39 is 0 Å². The van der Waals surface area contributed by atoms with Gasteiger partial charge in [-0.05, 0) is 12.0 Å². The number of allylic oxidation sites excluding steroid dienone is 3. The molecule has 3 heteroatoms. The summed E-state index contributed by atoms with van der Waals surface area (Å²) in [7, 11) is 0. The summed E-state index contributed by atoms with van der Waals surface area (Å²) in [5.74, 6) is 0.560. The molecule has 0 saturated carbocycles. The van der Waals surface area contributed by atoms with Gasteiger partial charge < -0.3 is 5.73 Å². The van der Waals surface area contributed by atoms with Gasteiger partial charge in [-0.1, -0.05) is 30.4 Å². The average molecular weight is 189 g/mol. The van der Waals surface area contributed by atoms with Crippen molar-refractivity contribution in [2.75, 3.05) is 0 Å². The summed E-state index contributed by atoms with van der Waals surface area (Å²) in [6.45, 7) is 0. The Morgan fingerprint density at radius 3 is 3.21 bits per heavy atom. The summed E-state index contributed by atoms with van der Waals surface area (Å²) >= 11 is 0. The van der Waals surface area contributed by atoms with Crippen molar-refractivity contribution in [3.05, 3.63) is 36.0 Å². The molecule has 1 fully saturated rings. The van der Waals surface area contributed by atoms with Crippen molar-refractivity contribution in [1.29, 1.82) is 0 Å². The predicted octanol–water partition coefficient (Wildman–Crippen LogP) is 0.231. The van der Waals surface area contributed by atoms with E-state index in [2.05, 4.69) is 41.0 Å². The van der Waals surface area contributed by atoms with E-state index in [4.69, 9.17) is 5.73 Å². The lowest BCUT2D eigenvalue weighted by molar-refractivity contribution is 0.209. The molecule has 4 N–H and O–H groups in total. The molecule has 3 rings (SSSR count). The van der Waals surface area contributed by atoms with Crippen LogP contribution in [0, 0.1) is 5.92 Å². The van der Waals surface area contributed by atoms with Gasteiger partial charge in [-0.2, -0.15) is 0 Å². The van der Waals surface area contributed by atoms with E-state index in [1.165, 1.54) is 5.57 Å². The minimum absolute atomic E-state index is 0.0725. The summed E-state index contributed by atoms with van der Waals surface area (Å²) in [5, 5.41) is 6.74. The molecule has 3 nitrogen and oxygen atoms in total. The van der Waals surface area contributed by atoms with Gasteiger partial charge >= 0.3 is 0 Å². The molecular weight excluding hydrogens is 174 g/mol. The Hall–Kier alpha value is -0.900. The van der Waals surface area contributed by atoms with Gasteiger partial charge in [0.05, 0.1) is 0 Å². The monoisotopic (exact) mass is 189 g/mol. The van der Waals surface area contributed by atoms with E-state index in [1.807, 2.05) is 0 Å². The first-order valence-electron chi connectivity index (χ1n) is 5.17. The molecule has 74 valence electrons. The number of nitrogens with two attached hydrogens (primary N) is 1. The van der Waals surface area contributed by atoms with Crippen LogP contribution in [0.2, 0.25) is 0 Å². The Balaban J connectivity index is 1.98. The highest BCUT2D eigenvalue weighted by Crippen LogP contribution is 2.32. The maximum Gasteiger partial charge on any atom is 0.110 e. The third-order valence-electron chi connectivity index (χ3n) is 3.28. The SMILES string of the molecule is NC1NC2C=CC=C3C=CCC(N1)C32. The van der Waals surface area contributed by atoms with Gasteiger partial charge in [0, 0.05) is 18.0 Å². The van der Waals surface area contributed by atoms with Gasteiger partial charge in [-0.25, -0.2) is 0 Å². The van der Waals surface area contributed by atoms with Gasteiger partial charge in [0.1, 0.15) is 6.29 Å². The van der Waals surface area contributed by atoms with Crippen molar-refractivity contribution >= 4 is 0 Å². The van der Waals surface area contributed by atoms with Crippen molar-refractivity contribution in [1.82, 2.24) is 10.6 Å². The zero-order chi connectivity index (χ0) is 9.54. The van der Waals surface area contributed by atoms with E-state index in [-0.39, 0.29) is 6.29 Å². The standard InChI is InChI=1S/C11H15N3/c12-11-13-8-5-1-3-7-4-2-6-9(14-11)10(7)8/h1-5,8-11,13-14H,6,12H2. The maximum atomic E-state index is 5.88. The molecule has 0 spiro atoms. The molecule has 0 aromatic carbocycles.